The van der Waals surface area contributed by atoms with Gasteiger partial charge >= 0.3 is 0 Å². The molecule has 0 amide bonds. The van der Waals surface area contributed by atoms with Crippen molar-refractivity contribution in [1.82, 2.24) is 4.98 Å². The highest BCUT2D eigenvalue weighted by molar-refractivity contribution is 6.29. The van der Waals surface area contributed by atoms with Crippen LogP contribution >= 0.6 is 11.6 Å². The lowest BCUT2D eigenvalue weighted by Crippen LogP contribution is -2.71. The molecule has 0 atom stereocenters. The summed E-state index contributed by atoms with van der Waals surface area (Å²) in [6.07, 6.45) is 0.732. The molecule has 0 fully saturated rings. The number of aromatic nitrogens is 1. The third kappa shape index (κ3) is 2.63. The fourth-order valence-corrected chi connectivity index (χ4v) is 1.40. The van der Waals surface area contributed by atoms with Crippen LogP contribution in [0.3, 0.4) is 0 Å². The molecule has 1 rings (SSSR count). The molecule has 0 radical (unpaired) electrons. The number of hydrogen-bond donors (Lipinski definition) is 1. The monoisotopic (exact) mass is 204 g/mol. The third-order valence-corrected chi connectivity index (χ3v) is 1.96. The van der Waals surface area contributed by atoms with Gasteiger partial charge < -0.3 is 16.2 Å². The first kappa shape index (κ1) is 12.3. The highest BCUT2D eigenvalue weighted by Gasteiger charge is 2.08. The molecule has 0 aliphatic carbocycles. The van der Waals surface area contributed by atoms with Crippen LogP contribution in [0.2, 0.25) is 5.15 Å². The standard InChI is InChI=1S/C8H11ClN2O.H2O/c1-3-6-8(11-12)5(2)4-7(9)10-6;/h4H,3,11H2,1-2H3;1H2. The number of nitrogens with zero attached hydrogens (tertiary/aromatic N) is 1. The quantitative estimate of drug-likeness (QED) is 0.561. The second-order valence-corrected chi connectivity index (χ2v) is 2.98. The van der Waals surface area contributed by atoms with Gasteiger partial charge in [0.2, 0.25) is 0 Å². The van der Waals surface area contributed by atoms with Crippen LogP contribution in [0, 0.1) is 12.1 Å². The van der Waals surface area contributed by atoms with Crippen molar-refractivity contribution in [1.29, 1.82) is 0 Å². The van der Waals surface area contributed by atoms with E-state index in [4.69, 9.17) is 11.6 Å². The highest BCUT2D eigenvalue weighted by Crippen LogP contribution is 2.18. The minimum absolute atomic E-state index is 0. The molecule has 13 heavy (non-hydrogen) atoms. The molecule has 0 spiro atoms. The van der Waals surface area contributed by atoms with E-state index in [0.717, 1.165) is 23.2 Å². The normalized spacial score (nSPS) is 9.54. The largest absolute Gasteiger partial charge is 0.630 e. The topological polar surface area (TPSA) is 84.1 Å². The molecule has 1 aromatic rings. The first-order valence-corrected chi connectivity index (χ1v) is 4.18. The fraction of sp³-hybridized carbons (Fsp3) is 0.375. The van der Waals surface area contributed by atoms with Crippen LogP contribution in [-0.4, -0.2) is 10.5 Å². The molecule has 5 heteroatoms. The first-order valence-electron chi connectivity index (χ1n) is 3.80. The van der Waals surface area contributed by atoms with E-state index in [2.05, 4.69) is 4.98 Å². The van der Waals surface area contributed by atoms with Crippen molar-refractivity contribution in [2.75, 3.05) is 0 Å². The number of halogens is 1. The summed E-state index contributed by atoms with van der Waals surface area (Å²) in [5, 5.41) is 11.1. The first-order chi connectivity index (χ1) is 5.69. The number of quaternary nitrogens is 1. The number of aryl methyl sites for hydroxylation is 2. The minimum Gasteiger partial charge on any atom is -0.630 e. The van der Waals surface area contributed by atoms with Crippen molar-refractivity contribution < 1.29 is 11.0 Å². The summed E-state index contributed by atoms with van der Waals surface area (Å²) >= 11 is 5.73. The summed E-state index contributed by atoms with van der Waals surface area (Å²) in [6.45, 7) is 3.81. The van der Waals surface area contributed by atoms with E-state index in [1.165, 1.54) is 0 Å². The number of rotatable bonds is 2. The van der Waals surface area contributed by atoms with Crippen molar-refractivity contribution >= 4 is 17.3 Å². The van der Waals surface area contributed by atoms with Gasteiger partial charge in [-0.2, -0.15) is 0 Å². The molecule has 0 aliphatic rings. The summed E-state index contributed by atoms with van der Waals surface area (Å²) in [4.78, 5) is 4.06. The Balaban J connectivity index is 0.00000144. The SMILES string of the molecule is CCc1nc(Cl)cc(C)c1[NH2+][O-].O. The molecule has 4 nitrogen and oxygen atoms in total. The molecule has 4 N–H and O–H groups in total. The highest BCUT2D eigenvalue weighted by atomic mass is 35.5. The molecule has 0 bridgehead atoms. The number of pyridine rings is 1. The Kier molecular flexibility index (Phi) is 4.87. The van der Waals surface area contributed by atoms with Gasteiger partial charge in [-0.3, -0.25) is 0 Å². The van der Waals surface area contributed by atoms with Gasteiger partial charge in [0.05, 0.1) is 0 Å². The van der Waals surface area contributed by atoms with Crippen LogP contribution in [0.25, 0.3) is 0 Å². The van der Waals surface area contributed by atoms with E-state index in [0.29, 0.717) is 10.8 Å². The Labute approximate surface area is 81.8 Å². The Morgan fingerprint density at radius 1 is 1.62 bits per heavy atom. The number of hydrogen-bond acceptors (Lipinski definition) is 2. The van der Waals surface area contributed by atoms with E-state index in [1.54, 1.807) is 6.07 Å². The average Bonchev–Trinajstić information content (AvgIpc) is 2.03. The Morgan fingerprint density at radius 3 is 2.69 bits per heavy atom. The van der Waals surface area contributed by atoms with Crippen molar-refractivity contribution in [3.63, 3.8) is 0 Å². The molecule has 0 aliphatic heterocycles. The predicted molar refractivity (Wildman–Crippen MR) is 51.9 cm³/mol. The smallest absolute Gasteiger partial charge is 0.154 e. The molecular formula is C8H13ClN2O2. The van der Waals surface area contributed by atoms with Gasteiger partial charge in [-0.05, 0) is 19.4 Å². The summed E-state index contributed by atoms with van der Waals surface area (Å²) in [7, 11) is 0. The maximum Gasteiger partial charge on any atom is 0.154 e. The molecule has 1 aromatic heterocycles. The Bertz CT molecular complexity index is 292. The van der Waals surface area contributed by atoms with Gasteiger partial charge in [0.25, 0.3) is 0 Å². The van der Waals surface area contributed by atoms with Crippen molar-refractivity contribution in [3.8, 4) is 0 Å². The van der Waals surface area contributed by atoms with Crippen LogP contribution in [0.5, 0.6) is 0 Å². The van der Waals surface area contributed by atoms with Gasteiger partial charge in [0.1, 0.15) is 10.8 Å². The van der Waals surface area contributed by atoms with Gasteiger partial charge in [-0.15, -0.1) is 0 Å². The van der Waals surface area contributed by atoms with Crippen molar-refractivity contribution in [3.05, 3.63) is 27.7 Å². The molecule has 74 valence electrons. The second-order valence-electron chi connectivity index (χ2n) is 2.59. The summed E-state index contributed by atoms with van der Waals surface area (Å²) in [5.74, 6) is 0. The van der Waals surface area contributed by atoms with Crippen molar-refractivity contribution in [2.45, 2.75) is 20.3 Å². The molecule has 0 saturated heterocycles. The van der Waals surface area contributed by atoms with E-state index in [9.17, 15) is 5.21 Å². The lowest BCUT2D eigenvalue weighted by molar-refractivity contribution is -0.498. The molecule has 0 aromatic carbocycles. The van der Waals surface area contributed by atoms with Crippen LogP contribution in [0.15, 0.2) is 6.07 Å². The van der Waals surface area contributed by atoms with Crippen LogP contribution in [-0.2, 0) is 6.42 Å². The van der Waals surface area contributed by atoms with Gasteiger partial charge in [-0.1, -0.05) is 18.5 Å². The van der Waals surface area contributed by atoms with E-state index < -0.39 is 0 Å². The van der Waals surface area contributed by atoms with E-state index in [1.807, 2.05) is 13.8 Å². The van der Waals surface area contributed by atoms with Crippen molar-refractivity contribution in [2.24, 2.45) is 0 Å². The van der Waals surface area contributed by atoms with Gasteiger partial charge in [0, 0.05) is 5.56 Å². The lowest BCUT2D eigenvalue weighted by atomic mass is 10.2. The minimum atomic E-state index is 0. The van der Waals surface area contributed by atoms with E-state index >= 15 is 0 Å². The van der Waals surface area contributed by atoms with E-state index in [-0.39, 0.29) is 5.48 Å². The van der Waals surface area contributed by atoms with Crippen LogP contribution in [0.1, 0.15) is 18.2 Å². The average molecular weight is 205 g/mol. The molecule has 1 heterocycles. The number of nitrogens with two attached hydrogens (primary N) is 1. The van der Waals surface area contributed by atoms with Gasteiger partial charge in [-0.25, -0.2) is 4.98 Å². The zero-order valence-corrected chi connectivity index (χ0v) is 8.35. The summed E-state index contributed by atoms with van der Waals surface area (Å²) < 4.78 is 0. The molecule has 0 unspecified atom stereocenters. The molecular weight excluding hydrogens is 192 g/mol. The van der Waals surface area contributed by atoms with Gasteiger partial charge in [0.15, 0.2) is 5.69 Å². The second kappa shape index (κ2) is 5.14. The summed E-state index contributed by atoms with van der Waals surface area (Å²) in [5.41, 5.74) is 3.16. The maximum atomic E-state index is 10.6. The zero-order chi connectivity index (χ0) is 9.14. The lowest BCUT2D eigenvalue weighted by Gasteiger charge is -2.09. The zero-order valence-electron chi connectivity index (χ0n) is 7.60. The molecule has 0 saturated carbocycles. The summed E-state index contributed by atoms with van der Waals surface area (Å²) in [6, 6.07) is 1.70. The Morgan fingerprint density at radius 2 is 2.23 bits per heavy atom. The predicted octanol–water partition coefficient (Wildman–Crippen LogP) is 0.474. The Hall–Kier alpha value is -0.680. The maximum absolute atomic E-state index is 10.6. The third-order valence-electron chi connectivity index (χ3n) is 1.77. The fourth-order valence-electron chi connectivity index (χ4n) is 1.14. The van der Waals surface area contributed by atoms with Crippen LogP contribution in [0.4, 0.5) is 5.69 Å². The van der Waals surface area contributed by atoms with Crippen LogP contribution < -0.4 is 5.48 Å².